The highest BCUT2D eigenvalue weighted by molar-refractivity contribution is 9.10. The molecule has 0 saturated heterocycles. The van der Waals surface area contributed by atoms with Crippen LogP contribution >= 0.6 is 15.9 Å². The van der Waals surface area contributed by atoms with Crippen LogP contribution < -0.4 is 5.32 Å². The molecule has 0 spiro atoms. The van der Waals surface area contributed by atoms with Crippen molar-refractivity contribution < 1.29 is 9.13 Å². The van der Waals surface area contributed by atoms with Gasteiger partial charge in [0, 0.05) is 30.1 Å². The largest absolute Gasteiger partial charge is 0.383 e. The summed E-state index contributed by atoms with van der Waals surface area (Å²) in [6.45, 7) is 8.27. The maximum Gasteiger partial charge on any atom is 0.124 e. The number of ether oxygens (including phenoxy) is 1. The molecule has 4 heteroatoms. The minimum Gasteiger partial charge on any atom is -0.383 e. The second kappa shape index (κ2) is 7.78. The molecule has 106 valence electrons. The number of benzene rings is 1. The van der Waals surface area contributed by atoms with Crippen molar-refractivity contribution in [2.24, 2.45) is 5.41 Å². The molecule has 0 aromatic heterocycles. The van der Waals surface area contributed by atoms with Crippen molar-refractivity contribution in [1.29, 1.82) is 0 Å². The van der Waals surface area contributed by atoms with Crippen molar-refractivity contribution in [1.82, 2.24) is 5.32 Å². The Labute approximate surface area is 123 Å². The summed E-state index contributed by atoms with van der Waals surface area (Å²) in [6.07, 6.45) is 2.67. The van der Waals surface area contributed by atoms with Gasteiger partial charge in [-0.15, -0.1) is 6.58 Å². The number of halogens is 2. The van der Waals surface area contributed by atoms with Gasteiger partial charge < -0.3 is 10.1 Å². The zero-order chi connectivity index (χ0) is 14.3. The van der Waals surface area contributed by atoms with Gasteiger partial charge in [0.05, 0.1) is 6.61 Å². The summed E-state index contributed by atoms with van der Waals surface area (Å²) in [7, 11) is 1.68. The average Bonchev–Trinajstić information content (AvgIpc) is 2.33. The summed E-state index contributed by atoms with van der Waals surface area (Å²) >= 11 is 3.32. The number of hydrogen-bond acceptors (Lipinski definition) is 2. The molecule has 0 radical (unpaired) electrons. The normalized spacial score (nSPS) is 14.1. The van der Waals surface area contributed by atoms with Gasteiger partial charge >= 0.3 is 0 Å². The summed E-state index contributed by atoms with van der Waals surface area (Å²) < 4.78 is 19.1. The molecule has 0 saturated carbocycles. The Hall–Kier alpha value is -0.710. The zero-order valence-corrected chi connectivity index (χ0v) is 13.1. The highest BCUT2D eigenvalue weighted by Crippen LogP contribution is 2.25. The van der Waals surface area contributed by atoms with Gasteiger partial charge in [0.15, 0.2) is 0 Å². The fourth-order valence-corrected chi connectivity index (χ4v) is 2.45. The fourth-order valence-electron chi connectivity index (χ4n) is 1.93. The van der Waals surface area contributed by atoms with Crippen LogP contribution in [0.3, 0.4) is 0 Å². The first-order valence-corrected chi connectivity index (χ1v) is 7.06. The van der Waals surface area contributed by atoms with Crippen LogP contribution in [0.1, 0.15) is 12.5 Å². The highest BCUT2D eigenvalue weighted by atomic mass is 79.9. The molecule has 0 aliphatic carbocycles. The third-order valence-electron chi connectivity index (χ3n) is 3.03. The first-order chi connectivity index (χ1) is 8.99. The van der Waals surface area contributed by atoms with Crippen molar-refractivity contribution in [2.45, 2.75) is 13.3 Å². The standard InChI is InChI=1S/C15H21BrFNO/c1-4-15(2,11-18-5-6-19-3)10-12-7-13(16)9-14(17)8-12/h4,7-9,18H,1,5-6,10-11H2,2-3H3. The predicted molar refractivity (Wildman–Crippen MR) is 80.9 cm³/mol. The number of rotatable bonds is 8. The summed E-state index contributed by atoms with van der Waals surface area (Å²) in [5, 5.41) is 3.33. The maximum absolute atomic E-state index is 13.4. The maximum atomic E-state index is 13.4. The van der Waals surface area contributed by atoms with Crippen LogP contribution in [0.4, 0.5) is 4.39 Å². The monoisotopic (exact) mass is 329 g/mol. The number of nitrogens with one attached hydrogen (secondary N) is 1. The molecule has 1 aromatic carbocycles. The van der Waals surface area contributed by atoms with E-state index < -0.39 is 0 Å². The molecule has 1 atom stereocenters. The molecule has 0 aliphatic heterocycles. The van der Waals surface area contributed by atoms with Gasteiger partial charge in [0.25, 0.3) is 0 Å². The Morgan fingerprint density at radius 3 is 2.79 bits per heavy atom. The van der Waals surface area contributed by atoms with E-state index in [1.165, 1.54) is 6.07 Å². The van der Waals surface area contributed by atoms with Gasteiger partial charge in [-0.1, -0.05) is 28.9 Å². The fraction of sp³-hybridized carbons (Fsp3) is 0.467. The lowest BCUT2D eigenvalue weighted by Crippen LogP contribution is -2.33. The SMILES string of the molecule is C=CC(C)(CNCCOC)Cc1cc(F)cc(Br)c1. The molecule has 0 bridgehead atoms. The summed E-state index contributed by atoms with van der Waals surface area (Å²) in [4.78, 5) is 0. The molecule has 0 amide bonds. The van der Waals surface area contributed by atoms with E-state index in [4.69, 9.17) is 4.74 Å². The van der Waals surface area contributed by atoms with Crippen molar-refractivity contribution >= 4 is 15.9 Å². The summed E-state index contributed by atoms with van der Waals surface area (Å²) in [5.41, 5.74) is 0.851. The molecule has 1 rings (SSSR count). The molecule has 19 heavy (non-hydrogen) atoms. The molecule has 2 nitrogen and oxygen atoms in total. The smallest absolute Gasteiger partial charge is 0.124 e. The Kier molecular flexibility index (Phi) is 6.69. The first-order valence-electron chi connectivity index (χ1n) is 6.27. The predicted octanol–water partition coefficient (Wildman–Crippen LogP) is 3.56. The minimum absolute atomic E-state index is 0.110. The van der Waals surface area contributed by atoms with E-state index >= 15 is 0 Å². The molecule has 1 unspecified atom stereocenters. The average molecular weight is 330 g/mol. The van der Waals surface area contributed by atoms with Gasteiger partial charge in [0.1, 0.15) is 5.82 Å². The van der Waals surface area contributed by atoms with E-state index in [-0.39, 0.29) is 11.2 Å². The van der Waals surface area contributed by atoms with E-state index in [0.717, 1.165) is 29.5 Å². The minimum atomic E-state index is -0.219. The van der Waals surface area contributed by atoms with Crippen molar-refractivity contribution in [3.8, 4) is 0 Å². The number of methoxy groups -OCH3 is 1. The van der Waals surface area contributed by atoms with Crippen molar-refractivity contribution in [2.75, 3.05) is 26.8 Å². The van der Waals surface area contributed by atoms with Crippen LogP contribution in [0.25, 0.3) is 0 Å². The Morgan fingerprint density at radius 1 is 1.47 bits per heavy atom. The lowest BCUT2D eigenvalue weighted by Gasteiger charge is -2.26. The van der Waals surface area contributed by atoms with Gasteiger partial charge in [-0.3, -0.25) is 0 Å². The summed E-state index contributed by atoms with van der Waals surface area (Å²) in [6, 6.07) is 4.98. The van der Waals surface area contributed by atoms with Crippen LogP contribution in [0.5, 0.6) is 0 Å². The van der Waals surface area contributed by atoms with Crippen molar-refractivity contribution in [3.05, 3.63) is 46.7 Å². The lowest BCUT2D eigenvalue weighted by atomic mass is 9.83. The molecule has 1 N–H and O–H groups in total. The number of hydrogen-bond donors (Lipinski definition) is 1. The molecular weight excluding hydrogens is 309 g/mol. The van der Waals surface area contributed by atoms with Crippen LogP contribution in [0.2, 0.25) is 0 Å². The van der Waals surface area contributed by atoms with E-state index in [0.29, 0.717) is 6.61 Å². The van der Waals surface area contributed by atoms with Crippen LogP contribution in [0, 0.1) is 11.2 Å². The molecule has 0 aliphatic rings. The molecule has 0 heterocycles. The third kappa shape index (κ3) is 5.85. The van der Waals surface area contributed by atoms with E-state index in [1.807, 2.05) is 12.1 Å². The molecule has 0 fully saturated rings. The molecular formula is C15H21BrFNO. The second-order valence-corrected chi connectivity index (χ2v) is 5.90. The van der Waals surface area contributed by atoms with E-state index in [9.17, 15) is 4.39 Å². The van der Waals surface area contributed by atoms with Crippen LogP contribution in [-0.4, -0.2) is 26.8 Å². The zero-order valence-electron chi connectivity index (χ0n) is 11.5. The highest BCUT2D eigenvalue weighted by Gasteiger charge is 2.20. The Morgan fingerprint density at radius 2 is 2.21 bits per heavy atom. The topological polar surface area (TPSA) is 21.3 Å². The second-order valence-electron chi connectivity index (χ2n) is 4.98. The van der Waals surface area contributed by atoms with Crippen molar-refractivity contribution in [3.63, 3.8) is 0 Å². The Bertz CT molecular complexity index is 404. The van der Waals surface area contributed by atoms with E-state index in [1.54, 1.807) is 13.2 Å². The quantitative estimate of drug-likeness (QED) is 0.581. The summed E-state index contributed by atoms with van der Waals surface area (Å²) in [5.74, 6) is -0.219. The van der Waals surface area contributed by atoms with Crippen LogP contribution in [-0.2, 0) is 11.2 Å². The molecule has 1 aromatic rings. The van der Waals surface area contributed by atoms with Gasteiger partial charge in [-0.2, -0.15) is 0 Å². The van der Waals surface area contributed by atoms with Gasteiger partial charge in [-0.05, 0) is 30.2 Å². The van der Waals surface area contributed by atoms with E-state index in [2.05, 4.69) is 34.7 Å². The van der Waals surface area contributed by atoms with Crippen LogP contribution in [0.15, 0.2) is 35.3 Å². The first kappa shape index (κ1) is 16.3. The Balaban J connectivity index is 2.65. The van der Waals surface area contributed by atoms with Gasteiger partial charge in [0.2, 0.25) is 0 Å². The third-order valence-corrected chi connectivity index (χ3v) is 3.49. The lowest BCUT2D eigenvalue weighted by molar-refractivity contribution is 0.195. The van der Waals surface area contributed by atoms with Gasteiger partial charge in [-0.25, -0.2) is 4.39 Å².